The van der Waals surface area contributed by atoms with Crippen LogP contribution >= 0.6 is 7.37 Å². The Balaban J connectivity index is 1.80. The summed E-state index contributed by atoms with van der Waals surface area (Å²) in [7, 11) is -5.86. The van der Waals surface area contributed by atoms with Gasteiger partial charge in [-0.1, -0.05) is 80.3 Å². The Bertz CT molecular complexity index is 1580. The Hall–Kier alpha value is -2.63. The van der Waals surface area contributed by atoms with Gasteiger partial charge in [-0.2, -0.15) is 0 Å². The van der Waals surface area contributed by atoms with Crippen molar-refractivity contribution in [1.82, 2.24) is 9.55 Å². The van der Waals surface area contributed by atoms with E-state index in [1.54, 1.807) is 20.8 Å². The van der Waals surface area contributed by atoms with Gasteiger partial charge in [0.05, 0.1) is 27.4 Å². The minimum Gasteiger partial charge on any atom is -0.367 e. The summed E-state index contributed by atoms with van der Waals surface area (Å²) in [5.74, 6) is -0.373. The predicted molar refractivity (Wildman–Crippen MR) is 187 cm³/mol. The first-order valence-corrected chi connectivity index (χ1v) is 21.8. The van der Waals surface area contributed by atoms with Crippen molar-refractivity contribution in [3.8, 4) is 0 Å². The number of aromatic amines is 1. The van der Waals surface area contributed by atoms with Gasteiger partial charge in [-0.25, -0.2) is 4.79 Å². The van der Waals surface area contributed by atoms with Crippen LogP contribution < -0.4 is 11.2 Å². The Morgan fingerprint density at radius 2 is 1.47 bits per heavy atom. The van der Waals surface area contributed by atoms with E-state index < -0.39 is 49.8 Å². The Kier molecular flexibility index (Phi) is 12.1. The molecular formula is C35H51N2O8PSi. The molecule has 0 saturated carbocycles. The van der Waals surface area contributed by atoms with E-state index in [2.05, 4.69) is 48.9 Å². The molecule has 258 valence electrons. The number of aromatic nitrogens is 2. The molecule has 1 aromatic heterocycles. The van der Waals surface area contributed by atoms with Gasteiger partial charge in [0.15, 0.2) is 0 Å². The highest BCUT2D eigenvalue weighted by Gasteiger charge is 2.53. The highest BCUT2D eigenvalue weighted by molar-refractivity contribution is 7.60. The van der Waals surface area contributed by atoms with E-state index in [1.165, 1.54) is 10.8 Å². The van der Waals surface area contributed by atoms with E-state index >= 15 is 0 Å². The largest absolute Gasteiger partial charge is 0.367 e. The number of nitrogens with zero attached hydrogens (tertiary/aromatic N) is 1. The molecule has 1 aliphatic rings. The van der Waals surface area contributed by atoms with Crippen LogP contribution in [0.5, 0.6) is 0 Å². The molecule has 2 heterocycles. The van der Waals surface area contributed by atoms with Crippen LogP contribution in [-0.4, -0.2) is 61.8 Å². The summed E-state index contributed by atoms with van der Waals surface area (Å²) >= 11 is 0. The Morgan fingerprint density at radius 1 is 0.915 bits per heavy atom. The molecule has 4 rings (SSSR count). The molecule has 0 radical (unpaired) electrons. The first kappa shape index (κ1) is 37.2. The SMILES string of the molecule is CCOC(C)(OCC)P(=O)(C[C@H]1C[C@H](n2cc(C)c(=O)[nH]c2=O)O[C@@H]1COC(c1ccccc1)(c1ccccc1)[Si](C)(C)C)OCC. The molecule has 0 spiro atoms. The van der Waals surface area contributed by atoms with E-state index in [0.717, 1.165) is 11.1 Å². The molecule has 4 atom stereocenters. The number of benzene rings is 2. The summed E-state index contributed by atoms with van der Waals surface area (Å²) in [5, 5.41) is -0.748. The summed E-state index contributed by atoms with van der Waals surface area (Å²) in [4.78, 5) is 27.6. The number of nitrogens with one attached hydrogen (secondary N) is 1. The van der Waals surface area contributed by atoms with E-state index in [9.17, 15) is 14.2 Å². The first-order chi connectivity index (χ1) is 22.2. The molecule has 1 N–H and O–H groups in total. The second kappa shape index (κ2) is 15.3. The molecule has 12 heteroatoms. The molecule has 47 heavy (non-hydrogen) atoms. The van der Waals surface area contributed by atoms with E-state index in [0.29, 0.717) is 12.0 Å². The third kappa shape index (κ3) is 7.67. The van der Waals surface area contributed by atoms with Crippen molar-refractivity contribution >= 4 is 15.4 Å². The number of rotatable bonds is 16. The van der Waals surface area contributed by atoms with Crippen LogP contribution in [0, 0.1) is 12.8 Å². The van der Waals surface area contributed by atoms with Crippen LogP contribution in [0.4, 0.5) is 0 Å². The van der Waals surface area contributed by atoms with Crippen molar-refractivity contribution in [2.24, 2.45) is 5.92 Å². The molecule has 0 bridgehead atoms. The van der Waals surface area contributed by atoms with Crippen LogP contribution in [0.3, 0.4) is 0 Å². The fraction of sp³-hybridized carbons (Fsp3) is 0.543. The lowest BCUT2D eigenvalue weighted by Crippen LogP contribution is -2.53. The highest BCUT2D eigenvalue weighted by Crippen LogP contribution is 2.62. The molecule has 2 aromatic carbocycles. The second-order valence-corrected chi connectivity index (χ2v) is 21.1. The molecule has 1 aliphatic heterocycles. The van der Waals surface area contributed by atoms with Crippen molar-refractivity contribution < 1.29 is 28.0 Å². The topological polar surface area (TPSA) is 118 Å². The quantitative estimate of drug-likeness (QED) is 0.101. The lowest BCUT2D eigenvalue weighted by atomic mass is 9.99. The summed E-state index contributed by atoms with van der Waals surface area (Å²) in [6.45, 7) is 16.5. The molecule has 3 aromatic rings. The maximum Gasteiger partial charge on any atom is 0.330 e. The van der Waals surface area contributed by atoms with Crippen molar-refractivity contribution in [2.45, 2.75) is 83.8 Å². The van der Waals surface area contributed by atoms with Crippen molar-refractivity contribution in [2.75, 3.05) is 32.6 Å². The zero-order valence-corrected chi connectivity index (χ0v) is 30.9. The van der Waals surface area contributed by atoms with Crippen LogP contribution in [0.2, 0.25) is 19.6 Å². The standard InChI is InChI=1S/C35H51N2O8PSi/c1-9-41-34(5,42-10-2)46(40,44-11-3)25-27-22-31(37-23-26(4)32(38)36-33(37)39)45-30(27)24-43-35(47(6,7)8,28-18-14-12-15-19-28)29-20-16-13-17-21-29/h12-21,23,27,30-31H,9-11,22,24-25H2,1-8H3,(H,36,38,39)/t27-,30-,31-,46?/m1/s1. The number of H-pyrrole nitrogens is 1. The normalized spacial score (nSPS) is 20.3. The van der Waals surface area contributed by atoms with E-state index in [-0.39, 0.29) is 38.5 Å². The number of hydrogen-bond acceptors (Lipinski definition) is 8. The van der Waals surface area contributed by atoms with Gasteiger partial charge in [-0.05, 0) is 52.2 Å². The van der Waals surface area contributed by atoms with Crippen molar-refractivity contribution in [3.63, 3.8) is 0 Å². The van der Waals surface area contributed by atoms with Crippen LogP contribution in [0.1, 0.15) is 57.0 Å². The van der Waals surface area contributed by atoms with Gasteiger partial charge >= 0.3 is 5.69 Å². The fourth-order valence-corrected chi connectivity index (χ4v) is 12.0. The van der Waals surface area contributed by atoms with E-state index in [4.69, 9.17) is 23.5 Å². The molecule has 10 nitrogen and oxygen atoms in total. The van der Waals surface area contributed by atoms with Crippen molar-refractivity contribution in [1.29, 1.82) is 0 Å². The predicted octanol–water partition coefficient (Wildman–Crippen LogP) is 6.65. The average molecular weight is 687 g/mol. The average Bonchev–Trinajstić information content (AvgIpc) is 3.41. The van der Waals surface area contributed by atoms with Crippen LogP contribution in [-0.2, 0) is 33.3 Å². The second-order valence-electron chi connectivity index (χ2n) is 13.1. The molecular weight excluding hydrogens is 635 g/mol. The summed E-state index contributed by atoms with van der Waals surface area (Å²) in [6, 6.07) is 20.5. The highest BCUT2D eigenvalue weighted by atomic mass is 31.2. The summed E-state index contributed by atoms with van der Waals surface area (Å²) in [6.07, 6.45) is 0.617. The minimum absolute atomic E-state index is 0.0789. The Labute approximate surface area is 279 Å². The lowest BCUT2D eigenvalue weighted by Gasteiger charge is -2.45. The summed E-state index contributed by atoms with van der Waals surface area (Å²) < 4.78 is 48.1. The molecule has 1 saturated heterocycles. The zero-order chi connectivity index (χ0) is 34.5. The third-order valence-electron chi connectivity index (χ3n) is 8.95. The van der Waals surface area contributed by atoms with Gasteiger partial charge in [-0.3, -0.25) is 18.9 Å². The van der Waals surface area contributed by atoms with Crippen molar-refractivity contribution in [3.05, 3.63) is 104 Å². The van der Waals surface area contributed by atoms with E-state index in [1.807, 2.05) is 50.2 Å². The number of aryl methyl sites for hydroxylation is 1. The molecule has 1 unspecified atom stereocenters. The smallest absolute Gasteiger partial charge is 0.330 e. The Morgan fingerprint density at radius 3 is 1.96 bits per heavy atom. The summed E-state index contributed by atoms with van der Waals surface area (Å²) in [5.41, 5.74) is -0.0184. The van der Waals surface area contributed by atoms with Gasteiger partial charge in [-0.15, -0.1) is 0 Å². The first-order valence-electron chi connectivity index (χ1n) is 16.5. The number of hydrogen-bond donors (Lipinski definition) is 1. The fourth-order valence-electron chi connectivity index (χ4n) is 6.72. The third-order valence-corrected chi connectivity index (χ3v) is 14.9. The van der Waals surface area contributed by atoms with Gasteiger partial charge in [0.2, 0.25) is 5.53 Å². The van der Waals surface area contributed by atoms with Crippen LogP contribution in [0.25, 0.3) is 0 Å². The van der Waals surface area contributed by atoms with Gasteiger partial charge in [0, 0.05) is 37.1 Å². The molecule has 0 amide bonds. The van der Waals surface area contributed by atoms with Gasteiger partial charge < -0.3 is 23.5 Å². The maximum absolute atomic E-state index is 14.9. The monoisotopic (exact) mass is 686 g/mol. The van der Waals surface area contributed by atoms with Crippen LogP contribution in [0.15, 0.2) is 76.4 Å². The van der Waals surface area contributed by atoms with Gasteiger partial charge in [0.25, 0.3) is 12.9 Å². The zero-order valence-electron chi connectivity index (χ0n) is 29.0. The molecule has 1 fully saturated rings. The molecule has 0 aliphatic carbocycles. The van der Waals surface area contributed by atoms with Gasteiger partial charge in [0.1, 0.15) is 11.5 Å². The number of ether oxygens (including phenoxy) is 4. The minimum atomic E-state index is -3.64. The lowest BCUT2D eigenvalue weighted by molar-refractivity contribution is -0.168. The maximum atomic E-state index is 14.9.